The van der Waals surface area contributed by atoms with Gasteiger partial charge in [0.05, 0.1) is 24.7 Å². The van der Waals surface area contributed by atoms with Crippen LogP contribution in [0.2, 0.25) is 0 Å². The predicted octanol–water partition coefficient (Wildman–Crippen LogP) is 3.40. The van der Waals surface area contributed by atoms with Gasteiger partial charge in [-0.3, -0.25) is 4.79 Å². The first-order chi connectivity index (χ1) is 17.4. The molecule has 2 N–H and O–H groups in total. The van der Waals surface area contributed by atoms with Crippen molar-refractivity contribution in [3.05, 3.63) is 72.6 Å². The highest BCUT2D eigenvalue weighted by atomic mass is 32.2. The SMILES string of the molecule is CC(C(=O)Nc1ccccc1)S(=O)(=O)Cc1cc(N2CCOCC2)nc(-c2ccc3[nH]ccc3c2)n1. The molecule has 0 saturated carbocycles. The smallest absolute Gasteiger partial charge is 0.242 e. The van der Waals surface area contributed by atoms with E-state index in [-0.39, 0.29) is 5.75 Å². The van der Waals surface area contributed by atoms with Crippen molar-refractivity contribution in [2.45, 2.75) is 17.9 Å². The standard InChI is InChI=1S/C26H27N5O4S/c1-18(26(32)29-21-5-3-2-4-6-21)36(33,34)17-22-16-24(31-11-13-35-14-12-31)30-25(28-22)20-7-8-23-19(15-20)9-10-27-23/h2-10,15-16,18,27H,11-14,17H2,1H3,(H,29,32). The quantitative estimate of drug-likeness (QED) is 0.395. The van der Waals surface area contributed by atoms with Gasteiger partial charge in [-0.25, -0.2) is 18.4 Å². The number of sulfone groups is 1. The van der Waals surface area contributed by atoms with E-state index in [1.807, 2.05) is 36.5 Å². The number of nitrogens with one attached hydrogen (secondary N) is 2. The van der Waals surface area contributed by atoms with Crippen LogP contribution in [0.15, 0.2) is 66.9 Å². The largest absolute Gasteiger partial charge is 0.378 e. The minimum absolute atomic E-state index is 0.343. The van der Waals surface area contributed by atoms with Gasteiger partial charge in [0.2, 0.25) is 5.91 Å². The summed E-state index contributed by atoms with van der Waals surface area (Å²) < 4.78 is 32.0. The molecule has 0 spiro atoms. The van der Waals surface area contributed by atoms with Gasteiger partial charge in [-0.1, -0.05) is 18.2 Å². The number of H-pyrrole nitrogens is 1. The molecule has 36 heavy (non-hydrogen) atoms. The number of ether oxygens (including phenoxy) is 1. The average Bonchev–Trinajstić information content (AvgIpc) is 3.37. The van der Waals surface area contributed by atoms with Gasteiger partial charge in [-0.2, -0.15) is 0 Å². The molecule has 2 aromatic carbocycles. The Morgan fingerprint density at radius 1 is 1.08 bits per heavy atom. The normalized spacial score (nSPS) is 15.1. The summed E-state index contributed by atoms with van der Waals surface area (Å²) in [5.41, 5.74) is 2.66. The van der Waals surface area contributed by atoms with E-state index in [0.29, 0.717) is 49.3 Å². The summed E-state index contributed by atoms with van der Waals surface area (Å²) >= 11 is 0. The van der Waals surface area contributed by atoms with E-state index in [2.05, 4.69) is 20.2 Å². The second kappa shape index (κ2) is 10.1. The van der Waals surface area contributed by atoms with Crippen molar-refractivity contribution in [2.24, 2.45) is 0 Å². The van der Waals surface area contributed by atoms with Crippen LogP contribution in [0.4, 0.5) is 11.5 Å². The Hall–Kier alpha value is -3.76. The van der Waals surface area contributed by atoms with E-state index in [1.54, 1.807) is 30.3 Å². The van der Waals surface area contributed by atoms with E-state index in [9.17, 15) is 13.2 Å². The van der Waals surface area contributed by atoms with Crippen LogP contribution in [0.1, 0.15) is 12.6 Å². The van der Waals surface area contributed by atoms with E-state index in [0.717, 1.165) is 16.5 Å². The maximum Gasteiger partial charge on any atom is 0.242 e. The number of aromatic nitrogens is 3. The van der Waals surface area contributed by atoms with Crippen LogP contribution in [0, 0.1) is 0 Å². The Morgan fingerprint density at radius 2 is 1.86 bits per heavy atom. The third-order valence-electron chi connectivity index (χ3n) is 6.21. The molecule has 1 fully saturated rings. The lowest BCUT2D eigenvalue weighted by molar-refractivity contribution is -0.115. The zero-order valence-electron chi connectivity index (χ0n) is 19.8. The number of anilines is 2. The summed E-state index contributed by atoms with van der Waals surface area (Å²) in [5.74, 6) is 0.120. The number of hydrogen-bond acceptors (Lipinski definition) is 7. The molecule has 4 aromatic rings. The average molecular weight is 506 g/mol. The van der Waals surface area contributed by atoms with Crippen molar-refractivity contribution in [3.63, 3.8) is 0 Å². The van der Waals surface area contributed by atoms with Crippen LogP contribution in [-0.4, -0.2) is 60.8 Å². The van der Waals surface area contributed by atoms with Crippen LogP contribution in [0.25, 0.3) is 22.3 Å². The number of aromatic amines is 1. The van der Waals surface area contributed by atoms with Gasteiger partial charge in [0.15, 0.2) is 15.7 Å². The Kier molecular flexibility index (Phi) is 6.71. The lowest BCUT2D eigenvalue weighted by Crippen LogP contribution is -2.37. The summed E-state index contributed by atoms with van der Waals surface area (Å²) in [6, 6.07) is 18.3. The first kappa shape index (κ1) is 24.0. The van der Waals surface area contributed by atoms with Crippen molar-refractivity contribution in [1.82, 2.24) is 15.0 Å². The predicted molar refractivity (Wildman–Crippen MR) is 140 cm³/mol. The molecule has 1 amide bonds. The minimum Gasteiger partial charge on any atom is -0.378 e. The van der Waals surface area contributed by atoms with Gasteiger partial charge in [0.25, 0.3) is 0 Å². The number of nitrogens with zero attached hydrogens (tertiary/aromatic N) is 3. The van der Waals surface area contributed by atoms with Crippen molar-refractivity contribution in [3.8, 4) is 11.4 Å². The fourth-order valence-corrected chi connectivity index (χ4v) is 5.29. The lowest BCUT2D eigenvalue weighted by Gasteiger charge is -2.28. The van der Waals surface area contributed by atoms with Gasteiger partial charge in [0, 0.05) is 47.5 Å². The van der Waals surface area contributed by atoms with Gasteiger partial charge < -0.3 is 19.9 Å². The highest BCUT2D eigenvalue weighted by Gasteiger charge is 2.29. The molecule has 2 aromatic heterocycles. The first-order valence-corrected chi connectivity index (χ1v) is 13.5. The van der Waals surface area contributed by atoms with Gasteiger partial charge in [-0.05, 0) is 43.3 Å². The highest BCUT2D eigenvalue weighted by Crippen LogP contribution is 2.26. The Balaban J connectivity index is 1.45. The van der Waals surface area contributed by atoms with Crippen molar-refractivity contribution in [1.29, 1.82) is 0 Å². The highest BCUT2D eigenvalue weighted by molar-refractivity contribution is 7.92. The van der Waals surface area contributed by atoms with E-state index in [4.69, 9.17) is 9.72 Å². The molecule has 5 rings (SSSR count). The number of fused-ring (bicyclic) bond motifs is 1. The van der Waals surface area contributed by atoms with Gasteiger partial charge in [0.1, 0.15) is 11.1 Å². The number of benzene rings is 2. The molecule has 0 bridgehead atoms. The number of rotatable bonds is 7. The minimum atomic E-state index is -3.86. The number of carbonyl (C=O) groups excluding carboxylic acids is 1. The Labute approximate surface area is 209 Å². The Bertz CT molecular complexity index is 1480. The zero-order chi connectivity index (χ0) is 25.1. The summed E-state index contributed by atoms with van der Waals surface area (Å²) in [7, 11) is -3.86. The van der Waals surface area contributed by atoms with Crippen molar-refractivity contribution in [2.75, 3.05) is 36.5 Å². The third kappa shape index (κ3) is 5.24. The lowest BCUT2D eigenvalue weighted by atomic mass is 10.1. The summed E-state index contributed by atoms with van der Waals surface area (Å²) in [4.78, 5) is 27.3. The number of amides is 1. The molecule has 0 radical (unpaired) electrons. The molecule has 1 aliphatic heterocycles. The van der Waals surface area contributed by atoms with Crippen LogP contribution in [0.5, 0.6) is 0 Å². The third-order valence-corrected chi connectivity index (χ3v) is 8.20. The van der Waals surface area contributed by atoms with E-state index >= 15 is 0 Å². The molecule has 1 unspecified atom stereocenters. The topological polar surface area (TPSA) is 117 Å². The summed E-state index contributed by atoms with van der Waals surface area (Å²) in [5, 5.41) is 2.43. The van der Waals surface area contributed by atoms with Gasteiger partial charge in [-0.15, -0.1) is 0 Å². The van der Waals surface area contributed by atoms with Crippen LogP contribution < -0.4 is 10.2 Å². The van der Waals surface area contributed by atoms with Crippen LogP contribution in [0.3, 0.4) is 0 Å². The maximum atomic E-state index is 13.2. The van der Waals surface area contributed by atoms with Crippen LogP contribution in [-0.2, 0) is 25.1 Å². The molecule has 9 nitrogen and oxygen atoms in total. The fraction of sp³-hybridized carbons (Fsp3) is 0.269. The Morgan fingerprint density at radius 3 is 2.64 bits per heavy atom. The molecule has 1 saturated heterocycles. The van der Waals surface area contributed by atoms with Crippen molar-refractivity contribution < 1.29 is 17.9 Å². The molecule has 10 heteroatoms. The molecule has 0 aliphatic carbocycles. The summed E-state index contributed by atoms with van der Waals surface area (Å²) in [6.45, 7) is 3.83. The summed E-state index contributed by atoms with van der Waals surface area (Å²) in [6.07, 6.45) is 1.86. The molecular weight excluding hydrogens is 478 g/mol. The van der Waals surface area contributed by atoms with Crippen molar-refractivity contribution >= 4 is 38.2 Å². The molecular formula is C26H27N5O4S. The number of para-hydroxylation sites is 1. The molecule has 1 aliphatic rings. The zero-order valence-corrected chi connectivity index (χ0v) is 20.7. The van der Waals surface area contributed by atoms with E-state index < -0.39 is 21.0 Å². The van der Waals surface area contributed by atoms with Gasteiger partial charge >= 0.3 is 0 Å². The molecule has 1 atom stereocenters. The fourth-order valence-electron chi connectivity index (χ4n) is 4.09. The van der Waals surface area contributed by atoms with E-state index in [1.165, 1.54) is 6.92 Å². The molecule has 3 heterocycles. The maximum absolute atomic E-state index is 13.2. The second-order valence-electron chi connectivity index (χ2n) is 8.72. The first-order valence-electron chi connectivity index (χ1n) is 11.7. The number of hydrogen-bond donors (Lipinski definition) is 2. The molecule has 186 valence electrons. The monoisotopic (exact) mass is 505 g/mol. The second-order valence-corrected chi connectivity index (χ2v) is 11.0. The number of carbonyl (C=O) groups is 1. The number of morpholine rings is 1. The van der Waals surface area contributed by atoms with Crippen LogP contribution >= 0.6 is 0 Å².